The Balaban J connectivity index is 4.02. The van der Waals surface area contributed by atoms with E-state index in [0.717, 1.165) is 26.1 Å². The van der Waals surface area contributed by atoms with Crippen LogP contribution in [0.2, 0.25) is 0 Å². The van der Waals surface area contributed by atoms with Crippen LogP contribution in [0.4, 0.5) is 0 Å². The molecule has 0 saturated carbocycles. The summed E-state index contributed by atoms with van der Waals surface area (Å²) in [6.07, 6.45) is 0.887. The normalized spacial score (nSPS) is 16.5. The van der Waals surface area contributed by atoms with Gasteiger partial charge in [0.1, 0.15) is 0 Å². The molecule has 0 spiro atoms. The van der Waals surface area contributed by atoms with Crippen molar-refractivity contribution >= 4 is 0 Å². The number of rotatable bonds is 7. The van der Waals surface area contributed by atoms with E-state index in [1.165, 1.54) is 0 Å². The first-order valence-electron chi connectivity index (χ1n) is 6.37. The zero-order chi connectivity index (χ0) is 12.8. The Morgan fingerprint density at radius 1 is 1.31 bits per heavy atom. The number of aliphatic hydroxyl groups is 1. The number of hydrogen-bond donors (Lipinski definition) is 2. The van der Waals surface area contributed by atoms with Gasteiger partial charge in [0.25, 0.3) is 0 Å². The molecule has 16 heavy (non-hydrogen) atoms. The Morgan fingerprint density at radius 3 is 2.25 bits per heavy atom. The van der Waals surface area contributed by atoms with E-state index in [4.69, 9.17) is 0 Å². The summed E-state index contributed by atoms with van der Waals surface area (Å²) < 4.78 is 0. The largest absolute Gasteiger partial charge is 0.392 e. The summed E-state index contributed by atoms with van der Waals surface area (Å²) in [6.45, 7) is 13.6. The Hall–Kier alpha value is -0.120. The van der Waals surface area contributed by atoms with Gasteiger partial charge in [-0.25, -0.2) is 0 Å². The number of likely N-dealkylation sites (N-methyl/N-ethyl adjacent to an activating group) is 1. The zero-order valence-corrected chi connectivity index (χ0v) is 11.9. The minimum absolute atomic E-state index is 0.239. The van der Waals surface area contributed by atoms with E-state index in [9.17, 15) is 5.11 Å². The van der Waals surface area contributed by atoms with Crippen molar-refractivity contribution in [2.45, 2.75) is 53.2 Å². The Kier molecular flexibility index (Phi) is 7.20. The maximum absolute atomic E-state index is 9.29. The molecule has 0 aliphatic rings. The van der Waals surface area contributed by atoms with Gasteiger partial charge < -0.3 is 15.3 Å². The minimum Gasteiger partial charge on any atom is -0.392 e. The summed E-state index contributed by atoms with van der Waals surface area (Å²) in [6, 6.07) is 0.536. The summed E-state index contributed by atoms with van der Waals surface area (Å²) in [7, 11) is 2.07. The molecule has 0 aromatic heterocycles. The van der Waals surface area contributed by atoms with Crippen molar-refractivity contribution in [3.8, 4) is 0 Å². The molecule has 0 aromatic rings. The topological polar surface area (TPSA) is 35.5 Å². The molecule has 0 bridgehead atoms. The number of aliphatic hydroxyl groups excluding tert-OH is 1. The van der Waals surface area contributed by atoms with Crippen LogP contribution in [-0.2, 0) is 0 Å². The third-order valence-electron chi connectivity index (χ3n) is 2.87. The van der Waals surface area contributed by atoms with Gasteiger partial charge in [0.05, 0.1) is 6.10 Å². The van der Waals surface area contributed by atoms with Gasteiger partial charge in [0.2, 0.25) is 0 Å². The van der Waals surface area contributed by atoms with Crippen LogP contribution in [0.25, 0.3) is 0 Å². The van der Waals surface area contributed by atoms with Crippen molar-refractivity contribution < 1.29 is 5.11 Å². The fourth-order valence-electron chi connectivity index (χ4n) is 1.98. The average Bonchev–Trinajstić information content (AvgIpc) is 2.08. The van der Waals surface area contributed by atoms with Crippen LogP contribution in [0.1, 0.15) is 41.0 Å². The highest BCUT2D eigenvalue weighted by atomic mass is 16.3. The van der Waals surface area contributed by atoms with Gasteiger partial charge in [0, 0.05) is 12.6 Å². The highest BCUT2D eigenvalue weighted by molar-refractivity contribution is 4.80. The van der Waals surface area contributed by atoms with Crippen LogP contribution in [0.5, 0.6) is 0 Å². The van der Waals surface area contributed by atoms with E-state index in [1.54, 1.807) is 0 Å². The molecular weight excluding hydrogens is 200 g/mol. The van der Waals surface area contributed by atoms with Crippen LogP contribution < -0.4 is 5.32 Å². The Morgan fingerprint density at radius 2 is 1.88 bits per heavy atom. The molecule has 98 valence electrons. The molecule has 0 rings (SSSR count). The van der Waals surface area contributed by atoms with Crippen molar-refractivity contribution in [2.24, 2.45) is 5.41 Å². The predicted octanol–water partition coefficient (Wildman–Crippen LogP) is 1.71. The van der Waals surface area contributed by atoms with Gasteiger partial charge in [-0.1, -0.05) is 27.7 Å². The summed E-state index contributed by atoms with van der Waals surface area (Å²) in [5.41, 5.74) is 0.293. The Bertz CT molecular complexity index is 175. The lowest BCUT2D eigenvalue weighted by atomic mass is 9.84. The zero-order valence-electron chi connectivity index (χ0n) is 11.9. The van der Waals surface area contributed by atoms with E-state index in [1.807, 2.05) is 6.92 Å². The maximum atomic E-state index is 9.29. The van der Waals surface area contributed by atoms with E-state index in [0.29, 0.717) is 11.5 Å². The van der Waals surface area contributed by atoms with Crippen LogP contribution in [0.3, 0.4) is 0 Å². The molecule has 0 aliphatic carbocycles. The van der Waals surface area contributed by atoms with Gasteiger partial charge >= 0.3 is 0 Å². The van der Waals surface area contributed by atoms with E-state index in [-0.39, 0.29) is 6.10 Å². The van der Waals surface area contributed by atoms with Crippen LogP contribution in [0.15, 0.2) is 0 Å². The van der Waals surface area contributed by atoms with E-state index in [2.05, 4.69) is 45.0 Å². The second-order valence-corrected chi connectivity index (χ2v) is 5.88. The molecular formula is C13H30N2O. The third kappa shape index (κ3) is 7.20. The summed E-state index contributed by atoms with van der Waals surface area (Å²) in [5.74, 6) is 0. The molecule has 3 nitrogen and oxygen atoms in total. The molecule has 2 unspecified atom stereocenters. The lowest BCUT2D eigenvalue weighted by Crippen LogP contribution is -2.43. The van der Waals surface area contributed by atoms with Gasteiger partial charge in [-0.3, -0.25) is 0 Å². The quantitative estimate of drug-likeness (QED) is 0.699. The molecule has 0 heterocycles. The van der Waals surface area contributed by atoms with Gasteiger partial charge in [-0.05, 0) is 38.9 Å². The van der Waals surface area contributed by atoms with Gasteiger partial charge in [-0.15, -0.1) is 0 Å². The number of nitrogens with one attached hydrogen (secondary N) is 1. The number of hydrogen-bond acceptors (Lipinski definition) is 3. The fraction of sp³-hybridized carbons (Fsp3) is 1.00. The second-order valence-electron chi connectivity index (χ2n) is 5.88. The summed E-state index contributed by atoms with van der Waals surface area (Å²) in [4.78, 5) is 2.20. The molecule has 0 aromatic carbocycles. The lowest BCUT2D eigenvalue weighted by Gasteiger charge is -2.33. The van der Waals surface area contributed by atoms with E-state index < -0.39 is 0 Å². The fourth-order valence-corrected chi connectivity index (χ4v) is 1.98. The minimum atomic E-state index is -0.239. The van der Waals surface area contributed by atoms with Crippen molar-refractivity contribution in [3.63, 3.8) is 0 Å². The lowest BCUT2D eigenvalue weighted by molar-refractivity contribution is 0.133. The van der Waals surface area contributed by atoms with Crippen LogP contribution in [0, 0.1) is 5.41 Å². The molecule has 0 fully saturated rings. The van der Waals surface area contributed by atoms with Gasteiger partial charge in [0.15, 0.2) is 0 Å². The molecule has 0 radical (unpaired) electrons. The predicted molar refractivity (Wildman–Crippen MR) is 70.7 cm³/mol. The molecule has 0 saturated heterocycles. The van der Waals surface area contributed by atoms with Crippen LogP contribution in [-0.4, -0.2) is 48.8 Å². The molecule has 3 heteroatoms. The summed E-state index contributed by atoms with van der Waals surface area (Å²) >= 11 is 0. The highest BCUT2D eigenvalue weighted by Crippen LogP contribution is 2.21. The maximum Gasteiger partial charge on any atom is 0.0638 e. The van der Waals surface area contributed by atoms with Crippen molar-refractivity contribution in [1.82, 2.24) is 10.2 Å². The smallest absolute Gasteiger partial charge is 0.0638 e. The molecule has 0 amide bonds. The highest BCUT2D eigenvalue weighted by Gasteiger charge is 2.23. The first-order valence-corrected chi connectivity index (χ1v) is 6.37. The standard InChI is InChI=1S/C13H30N2O/c1-7-14-12(13(3,4)5)8-9-15(6)10-11(2)16/h11-12,14,16H,7-10H2,1-6H3. The van der Waals surface area contributed by atoms with Crippen molar-refractivity contribution in [1.29, 1.82) is 0 Å². The second kappa shape index (κ2) is 7.25. The molecule has 2 atom stereocenters. The number of nitrogens with zero attached hydrogens (tertiary/aromatic N) is 1. The first-order chi connectivity index (χ1) is 7.27. The monoisotopic (exact) mass is 230 g/mol. The first kappa shape index (κ1) is 15.9. The molecule has 2 N–H and O–H groups in total. The SMILES string of the molecule is CCNC(CCN(C)CC(C)O)C(C)(C)C. The Labute approximate surface area is 101 Å². The van der Waals surface area contributed by atoms with Crippen molar-refractivity contribution in [2.75, 3.05) is 26.7 Å². The summed E-state index contributed by atoms with van der Waals surface area (Å²) in [5, 5.41) is 12.8. The molecule has 0 aliphatic heterocycles. The third-order valence-corrected chi connectivity index (χ3v) is 2.87. The van der Waals surface area contributed by atoms with Gasteiger partial charge in [-0.2, -0.15) is 0 Å². The average molecular weight is 230 g/mol. The van der Waals surface area contributed by atoms with Crippen molar-refractivity contribution in [3.05, 3.63) is 0 Å². The van der Waals surface area contributed by atoms with E-state index >= 15 is 0 Å². The van der Waals surface area contributed by atoms with Crippen LogP contribution >= 0.6 is 0 Å².